The van der Waals surface area contributed by atoms with Gasteiger partial charge in [0.2, 0.25) is 5.91 Å². The van der Waals surface area contributed by atoms with Crippen molar-refractivity contribution in [2.45, 2.75) is 19.9 Å². The Labute approximate surface area is 127 Å². The fourth-order valence-electron chi connectivity index (χ4n) is 1.75. The zero-order valence-corrected chi connectivity index (χ0v) is 12.8. The van der Waals surface area contributed by atoms with E-state index in [0.717, 1.165) is 20.5 Å². The number of hydrogen-bond donors (Lipinski definition) is 1. The van der Waals surface area contributed by atoms with Crippen LogP contribution in [-0.2, 0) is 17.8 Å². The van der Waals surface area contributed by atoms with E-state index < -0.39 is 0 Å². The fourth-order valence-corrected chi connectivity index (χ4v) is 2.78. The number of carbonyl (C=O) groups is 1. The van der Waals surface area contributed by atoms with Gasteiger partial charge in [0.15, 0.2) is 0 Å². The predicted octanol–water partition coefficient (Wildman–Crippen LogP) is 3.66. The maximum Gasteiger partial charge on any atom is 0.224 e. The zero-order chi connectivity index (χ0) is 14.4. The third-order valence-corrected chi connectivity index (χ3v) is 3.92. The van der Waals surface area contributed by atoms with Crippen molar-refractivity contribution >= 4 is 28.8 Å². The summed E-state index contributed by atoms with van der Waals surface area (Å²) >= 11 is 7.32. The minimum atomic E-state index is -0.00122. The van der Waals surface area contributed by atoms with Gasteiger partial charge in [-0.2, -0.15) is 0 Å². The molecule has 0 bridgehead atoms. The quantitative estimate of drug-likeness (QED) is 0.884. The number of benzene rings is 1. The highest BCUT2D eigenvalue weighted by Crippen LogP contribution is 2.21. The molecule has 1 amide bonds. The molecular weight excluding hydrogens is 294 g/mol. The summed E-state index contributed by atoms with van der Waals surface area (Å²) in [6, 6.07) is 11.3. The standard InChI is InChI=1S/C15H16ClNO2S/c1-2-19-12-5-3-11(4-6-12)9-15(18)17-10-13-7-8-14(16)20-13/h3-8H,2,9-10H2,1H3,(H,17,18). The van der Waals surface area contributed by atoms with Gasteiger partial charge in [0.1, 0.15) is 5.75 Å². The van der Waals surface area contributed by atoms with Gasteiger partial charge in [0.05, 0.1) is 23.9 Å². The van der Waals surface area contributed by atoms with Crippen LogP contribution >= 0.6 is 22.9 Å². The molecular formula is C15H16ClNO2S. The van der Waals surface area contributed by atoms with Crippen LogP contribution in [0.2, 0.25) is 4.34 Å². The number of ether oxygens (including phenoxy) is 1. The van der Waals surface area contributed by atoms with Crippen LogP contribution in [-0.4, -0.2) is 12.5 Å². The molecule has 1 aromatic heterocycles. The molecule has 0 spiro atoms. The highest BCUT2D eigenvalue weighted by atomic mass is 35.5. The lowest BCUT2D eigenvalue weighted by Crippen LogP contribution is -2.24. The highest BCUT2D eigenvalue weighted by molar-refractivity contribution is 7.16. The van der Waals surface area contributed by atoms with E-state index in [2.05, 4.69) is 5.32 Å². The molecule has 0 aliphatic rings. The summed E-state index contributed by atoms with van der Waals surface area (Å²) in [5.74, 6) is 0.823. The van der Waals surface area contributed by atoms with Crippen LogP contribution in [0.15, 0.2) is 36.4 Å². The largest absolute Gasteiger partial charge is 0.494 e. The van der Waals surface area contributed by atoms with E-state index in [9.17, 15) is 4.79 Å². The molecule has 106 valence electrons. The zero-order valence-electron chi connectivity index (χ0n) is 11.2. The van der Waals surface area contributed by atoms with E-state index in [1.54, 1.807) is 0 Å². The van der Waals surface area contributed by atoms with Gasteiger partial charge in [-0.15, -0.1) is 11.3 Å². The number of thiophene rings is 1. The van der Waals surface area contributed by atoms with E-state index in [-0.39, 0.29) is 5.91 Å². The first kappa shape index (κ1) is 14.9. The van der Waals surface area contributed by atoms with Crippen molar-refractivity contribution in [2.24, 2.45) is 0 Å². The third kappa shape index (κ3) is 4.54. The minimum Gasteiger partial charge on any atom is -0.494 e. The molecule has 2 rings (SSSR count). The van der Waals surface area contributed by atoms with Crippen LogP contribution in [0.4, 0.5) is 0 Å². The second kappa shape index (κ2) is 7.31. The summed E-state index contributed by atoms with van der Waals surface area (Å²) in [5.41, 5.74) is 0.968. The first-order valence-corrected chi connectivity index (χ1v) is 7.59. The Hall–Kier alpha value is -1.52. The number of hydrogen-bond acceptors (Lipinski definition) is 3. The fraction of sp³-hybridized carbons (Fsp3) is 0.267. The van der Waals surface area contributed by atoms with Gasteiger partial charge in [-0.1, -0.05) is 23.7 Å². The number of carbonyl (C=O) groups excluding carboxylic acids is 1. The molecule has 0 aliphatic carbocycles. The van der Waals surface area contributed by atoms with E-state index in [1.165, 1.54) is 11.3 Å². The van der Waals surface area contributed by atoms with Crippen molar-refractivity contribution in [3.63, 3.8) is 0 Å². The number of halogens is 1. The Morgan fingerprint density at radius 1 is 1.25 bits per heavy atom. The van der Waals surface area contributed by atoms with Gasteiger partial charge in [0.25, 0.3) is 0 Å². The molecule has 0 radical (unpaired) electrons. The van der Waals surface area contributed by atoms with Crippen molar-refractivity contribution < 1.29 is 9.53 Å². The smallest absolute Gasteiger partial charge is 0.224 e. The Morgan fingerprint density at radius 2 is 2.00 bits per heavy atom. The lowest BCUT2D eigenvalue weighted by Gasteiger charge is -2.06. The Bertz CT molecular complexity index is 566. The van der Waals surface area contributed by atoms with Crippen molar-refractivity contribution in [2.75, 3.05) is 6.61 Å². The molecule has 0 aliphatic heterocycles. The van der Waals surface area contributed by atoms with E-state index in [1.807, 2.05) is 43.3 Å². The summed E-state index contributed by atoms with van der Waals surface area (Å²) < 4.78 is 6.10. The molecule has 0 atom stereocenters. The number of rotatable bonds is 6. The van der Waals surface area contributed by atoms with Crippen LogP contribution < -0.4 is 10.1 Å². The predicted molar refractivity (Wildman–Crippen MR) is 82.5 cm³/mol. The molecule has 3 nitrogen and oxygen atoms in total. The van der Waals surface area contributed by atoms with E-state index >= 15 is 0 Å². The van der Waals surface area contributed by atoms with Crippen molar-refractivity contribution in [3.05, 3.63) is 51.2 Å². The summed E-state index contributed by atoms with van der Waals surface area (Å²) in [5, 5.41) is 2.88. The van der Waals surface area contributed by atoms with E-state index in [0.29, 0.717) is 19.6 Å². The maximum absolute atomic E-state index is 11.8. The van der Waals surface area contributed by atoms with E-state index in [4.69, 9.17) is 16.3 Å². The highest BCUT2D eigenvalue weighted by Gasteiger charge is 2.05. The number of nitrogens with one attached hydrogen (secondary N) is 1. The van der Waals surface area contributed by atoms with Crippen LogP contribution in [0, 0.1) is 0 Å². The van der Waals surface area contributed by atoms with Crippen molar-refractivity contribution in [1.29, 1.82) is 0 Å². The molecule has 20 heavy (non-hydrogen) atoms. The SMILES string of the molecule is CCOc1ccc(CC(=O)NCc2ccc(Cl)s2)cc1. The Balaban J connectivity index is 1.81. The monoisotopic (exact) mass is 309 g/mol. The third-order valence-electron chi connectivity index (χ3n) is 2.69. The molecule has 5 heteroatoms. The first-order chi connectivity index (χ1) is 9.67. The van der Waals surface area contributed by atoms with Crippen molar-refractivity contribution in [1.82, 2.24) is 5.32 Å². The van der Waals surface area contributed by atoms with Gasteiger partial charge >= 0.3 is 0 Å². The van der Waals surface area contributed by atoms with Gasteiger partial charge in [-0.3, -0.25) is 4.79 Å². The van der Waals surface area contributed by atoms with Crippen LogP contribution in [0.1, 0.15) is 17.4 Å². The van der Waals surface area contributed by atoms with Crippen LogP contribution in [0.5, 0.6) is 5.75 Å². The second-order valence-corrected chi connectivity index (χ2v) is 6.04. The average molecular weight is 310 g/mol. The van der Waals surface area contributed by atoms with Crippen molar-refractivity contribution in [3.8, 4) is 5.75 Å². The first-order valence-electron chi connectivity index (χ1n) is 6.40. The van der Waals surface area contributed by atoms with Gasteiger partial charge < -0.3 is 10.1 Å². The van der Waals surface area contributed by atoms with Gasteiger partial charge in [0, 0.05) is 4.88 Å². The Kier molecular flexibility index (Phi) is 5.44. The van der Waals surface area contributed by atoms with Crippen LogP contribution in [0.3, 0.4) is 0 Å². The average Bonchev–Trinajstić information content (AvgIpc) is 2.85. The molecule has 0 fully saturated rings. The molecule has 0 unspecified atom stereocenters. The Morgan fingerprint density at radius 3 is 2.60 bits per heavy atom. The maximum atomic E-state index is 11.8. The lowest BCUT2D eigenvalue weighted by molar-refractivity contribution is -0.120. The second-order valence-electron chi connectivity index (χ2n) is 4.24. The molecule has 1 aromatic carbocycles. The van der Waals surface area contributed by atoms with Crippen LogP contribution in [0.25, 0.3) is 0 Å². The summed E-state index contributed by atoms with van der Waals surface area (Å²) in [6.45, 7) is 3.11. The summed E-state index contributed by atoms with van der Waals surface area (Å²) in [7, 11) is 0. The summed E-state index contributed by atoms with van der Waals surface area (Å²) in [6.07, 6.45) is 0.367. The molecule has 1 heterocycles. The molecule has 0 saturated carbocycles. The molecule has 1 N–H and O–H groups in total. The summed E-state index contributed by atoms with van der Waals surface area (Å²) in [4.78, 5) is 12.9. The number of amides is 1. The lowest BCUT2D eigenvalue weighted by atomic mass is 10.1. The molecule has 2 aromatic rings. The molecule has 0 saturated heterocycles. The topological polar surface area (TPSA) is 38.3 Å². The van der Waals surface area contributed by atoms with Gasteiger partial charge in [-0.05, 0) is 36.8 Å². The normalized spacial score (nSPS) is 10.3. The minimum absolute atomic E-state index is 0.00122. The van der Waals surface area contributed by atoms with Gasteiger partial charge in [-0.25, -0.2) is 0 Å².